The van der Waals surface area contributed by atoms with Crippen LogP contribution in [0, 0.1) is 13.8 Å². The Morgan fingerprint density at radius 2 is 2.00 bits per heavy atom. The Balaban J connectivity index is 1.62. The minimum atomic E-state index is -0.440. The molecule has 1 saturated heterocycles. The number of aryl methyl sites for hydroxylation is 2. The number of carbonyl (C=O) groups excluding carboxylic acids is 2. The third-order valence-corrected chi connectivity index (χ3v) is 5.46. The molecule has 9 nitrogen and oxygen atoms in total. The van der Waals surface area contributed by atoms with Crippen molar-refractivity contribution < 1.29 is 19.1 Å². The number of aromatic nitrogens is 3. The summed E-state index contributed by atoms with van der Waals surface area (Å²) in [6.07, 6.45) is 0.826. The van der Waals surface area contributed by atoms with Crippen molar-refractivity contribution in [2.24, 2.45) is 0 Å². The first kappa shape index (κ1) is 20.6. The van der Waals surface area contributed by atoms with E-state index in [-0.39, 0.29) is 23.6 Å². The van der Waals surface area contributed by atoms with E-state index in [1.807, 2.05) is 26.0 Å². The first-order chi connectivity index (χ1) is 14.9. The Kier molecular flexibility index (Phi) is 5.50. The van der Waals surface area contributed by atoms with Crippen molar-refractivity contribution in [1.29, 1.82) is 0 Å². The summed E-state index contributed by atoms with van der Waals surface area (Å²) in [5.74, 6) is 0.831. The van der Waals surface area contributed by atoms with Crippen LogP contribution in [0.4, 0.5) is 0 Å². The second-order valence-electron chi connectivity index (χ2n) is 7.61. The predicted octanol–water partition coefficient (Wildman–Crippen LogP) is 2.11. The van der Waals surface area contributed by atoms with Gasteiger partial charge in [-0.1, -0.05) is 0 Å². The molecule has 3 heterocycles. The number of methoxy groups -OCH3 is 2. The summed E-state index contributed by atoms with van der Waals surface area (Å²) in [5.41, 5.74) is 3.42. The zero-order valence-electron chi connectivity index (χ0n) is 17.9. The summed E-state index contributed by atoms with van der Waals surface area (Å²) in [6.45, 7) is 3.82. The van der Waals surface area contributed by atoms with Crippen molar-refractivity contribution in [3.05, 3.63) is 53.0 Å². The van der Waals surface area contributed by atoms with Gasteiger partial charge in [0.15, 0.2) is 11.3 Å². The molecule has 162 valence electrons. The van der Waals surface area contributed by atoms with E-state index < -0.39 is 6.04 Å². The van der Waals surface area contributed by atoms with Gasteiger partial charge in [-0.25, -0.2) is 9.50 Å². The van der Waals surface area contributed by atoms with Gasteiger partial charge in [0, 0.05) is 35.5 Å². The Morgan fingerprint density at radius 1 is 1.19 bits per heavy atom. The lowest BCUT2D eigenvalue weighted by Gasteiger charge is -2.33. The molecule has 31 heavy (non-hydrogen) atoms. The van der Waals surface area contributed by atoms with Crippen LogP contribution in [-0.2, 0) is 4.79 Å². The maximum atomic E-state index is 13.0. The number of fused-ring (bicyclic) bond motifs is 1. The summed E-state index contributed by atoms with van der Waals surface area (Å²) in [5, 5.41) is 10.4. The standard InChI is InChI=1S/C22H25N5O4/c1-12-9-13(2)27-19(23-12)11-17(26-27)22(29)24-16-7-8-20(28)25-21(16)15-6-5-14(30-3)10-18(15)31-4/h5-6,9-11,16,21H,7-8H2,1-4H3,(H,24,29)(H,25,28). The van der Waals surface area contributed by atoms with Crippen LogP contribution in [0.1, 0.15) is 46.3 Å². The molecule has 0 spiro atoms. The van der Waals surface area contributed by atoms with Gasteiger partial charge in [0.2, 0.25) is 5.91 Å². The third-order valence-electron chi connectivity index (χ3n) is 5.46. The molecule has 2 unspecified atom stereocenters. The highest BCUT2D eigenvalue weighted by molar-refractivity contribution is 5.93. The number of piperidine rings is 1. The van der Waals surface area contributed by atoms with E-state index in [9.17, 15) is 9.59 Å². The summed E-state index contributed by atoms with van der Waals surface area (Å²) in [6, 6.07) is 8.21. The Hall–Kier alpha value is -3.62. The molecule has 2 amide bonds. The van der Waals surface area contributed by atoms with Gasteiger partial charge in [0.05, 0.1) is 26.3 Å². The van der Waals surface area contributed by atoms with Crippen LogP contribution < -0.4 is 20.1 Å². The van der Waals surface area contributed by atoms with Gasteiger partial charge in [-0.3, -0.25) is 9.59 Å². The topological polar surface area (TPSA) is 107 Å². The summed E-state index contributed by atoms with van der Waals surface area (Å²) < 4.78 is 12.4. The van der Waals surface area contributed by atoms with Crippen molar-refractivity contribution in [2.75, 3.05) is 14.2 Å². The molecule has 3 aromatic rings. The van der Waals surface area contributed by atoms with Crippen molar-refractivity contribution in [1.82, 2.24) is 25.2 Å². The molecule has 1 aliphatic rings. The van der Waals surface area contributed by atoms with Gasteiger partial charge < -0.3 is 20.1 Å². The second kappa shape index (κ2) is 8.25. The van der Waals surface area contributed by atoms with E-state index in [4.69, 9.17) is 9.47 Å². The van der Waals surface area contributed by atoms with Crippen LogP contribution in [0.25, 0.3) is 5.65 Å². The Morgan fingerprint density at radius 3 is 2.74 bits per heavy atom. The van der Waals surface area contributed by atoms with E-state index in [0.29, 0.717) is 30.0 Å². The highest BCUT2D eigenvalue weighted by Gasteiger charge is 2.33. The monoisotopic (exact) mass is 423 g/mol. The maximum Gasteiger partial charge on any atom is 0.272 e. The number of ether oxygens (including phenoxy) is 2. The van der Waals surface area contributed by atoms with Gasteiger partial charge in [-0.05, 0) is 38.5 Å². The quantitative estimate of drug-likeness (QED) is 0.651. The average molecular weight is 423 g/mol. The smallest absolute Gasteiger partial charge is 0.272 e. The normalized spacial score (nSPS) is 18.5. The van der Waals surface area contributed by atoms with Gasteiger partial charge in [-0.2, -0.15) is 5.10 Å². The number of hydrogen-bond donors (Lipinski definition) is 2. The van der Waals surface area contributed by atoms with Crippen molar-refractivity contribution in [3.63, 3.8) is 0 Å². The molecular formula is C22H25N5O4. The molecule has 2 atom stereocenters. The first-order valence-corrected chi connectivity index (χ1v) is 10.1. The molecule has 1 fully saturated rings. The summed E-state index contributed by atoms with van der Waals surface area (Å²) in [4.78, 5) is 29.6. The fourth-order valence-electron chi connectivity index (χ4n) is 3.96. The number of carbonyl (C=O) groups is 2. The van der Waals surface area contributed by atoms with E-state index in [1.165, 1.54) is 0 Å². The first-order valence-electron chi connectivity index (χ1n) is 10.1. The van der Waals surface area contributed by atoms with Crippen molar-refractivity contribution in [3.8, 4) is 11.5 Å². The number of amides is 2. The van der Waals surface area contributed by atoms with Gasteiger partial charge in [0.1, 0.15) is 11.5 Å². The van der Waals surface area contributed by atoms with Crippen LogP contribution in [0.15, 0.2) is 30.3 Å². The number of benzene rings is 1. The van der Waals surface area contributed by atoms with Gasteiger partial charge >= 0.3 is 0 Å². The molecule has 2 N–H and O–H groups in total. The lowest BCUT2D eigenvalue weighted by Crippen LogP contribution is -2.50. The summed E-state index contributed by atoms with van der Waals surface area (Å²) in [7, 11) is 3.14. The van der Waals surface area contributed by atoms with Crippen molar-refractivity contribution >= 4 is 17.5 Å². The van der Waals surface area contributed by atoms with Crippen LogP contribution in [-0.4, -0.2) is 46.7 Å². The maximum absolute atomic E-state index is 13.0. The van der Waals surface area contributed by atoms with Crippen LogP contribution in [0.3, 0.4) is 0 Å². The molecule has 9 heteroatoms. The van der Waals surface area contributed by atoms with Crippen LogP contribution in [0.5, 0.6) is 11.5 Å². The Bertz CT molecular complexity index is 1160. The van der Waals surface area contributed by atoms with E-state index in [2.05, 4.69) is 20.7 Å². The lowest BCUT2D eigenvalue weighted by atomic mass is 9.91. The molecule has 0 aliphatic carbocycles. The van der Waals surface area contributed by atoms with Crippen LogP contribution >= 0.6 is 0 Å². The van der Waals surface area contributed by atoms with E-state index >= 15 is 0 Å². The lowest BCUT2D eigenvalue weighted by molar-refractivity contribution is -0.123. The van der Waals surface area contributed by atoms with E-state index in [0.717, 1.165) is 17.0 Å². The second-order valence-corrected chi connectivity index (χ2v) is 7.61. The van der Waals surface area contributed by atoms with Crippen molar-refractivity contribution in [2.45, 2.75) is 38.8 Å². The molecule has 1 aromatic carbocycles. The highest BCUT2D eigenvalue weighted by Crippen LogP contribution is 2.34. The molecular weight excluding hydrogens is 398 g/mol. The third kappa shape index (κ3) is 4.03. The fraction of sp³-hybridized carbons (Fsp3) is 0.364. The minimum Gasteiger partial charge on any atom is -0.497 e. The van der Waals surface area contributed by atoms with E-state index in [1.54, 1.807) is 36.9 Å². The molecule has 2 aromatic heterocycles. The largest absolute Gasteiger partial charge is 0.497 e. The Labute approximate surface area is 179 Å². The minimum absolute atomic E-state index is 0.0728. The molecule has 1 aliphatic heterocycles. The molecule has 0 saturated carbocycles. The average Bonchev–Trinajstić information content (AvgIpc) is 3.19. The number of nitrogens with zero attached hydrogens (tertiary/aromatic N) is 3. The number of nitrogens with one attached hydrogen (secondary N) is 2. The SMILES string of the molecule is COc1ccc(C2NC(=O)CCC2NC(=O)c2cc3nc(C)cc(C)n3n2)c(OC)c1. The van der Waals surface area contributed by atoms with Gasteiger partial charge in [-0.15, -0.1) is 0 Å². The zero-order valence-corrected chi connectivity index (χ0v) is 17.9. The number of rotatable bonds is 5. The molecule has 0 radical (unpaired) electrons. The van der Waals surface area contributed by atoms with Crippen LogP contribution in [0.2, 0.25) is 0 Å². The van der Waals surface area contributed by atoms with Gasteiger partial charge in [0.25, 0.3) is 5.91 Å². The highest BCUT2D eigenvalue weighted by atomic mass is 16.5. The molecule has 4 rings (SSSR count). The zero-order chi connectivity index (χ0) is 22.1. The summed E-state index contributed by atoms with van der Waals surface area (Å²) >= 11 is 0. The molecule has 0 bridgehead atoms. The fourth-order valence-corrected chi connectivity index (χ4v) is 3.96. The predicted molar refractivity (Wildman–Crippen MR) is 113 cm³/mol. The number of hydrogen-bond acceptors (Lipinski definition) is 6.